The van der Waals surface area contributed by atoms with Crippen molar-refractivity contribution in [2.75, 3.05) is 23.5 Å². The molecule has 3 rings (SSSR count). The summed E-state index contributed by atoms with van der Waals surface area (Å²) >= 11 is 0. The lowest BCUT2D eigenvalue weighted by Gasteiger charge is -2.33. The predicted octanol–water partition coefficient (Wildman–Crippen LogP) is 1.84. The molecule has 8 heteroatoms. The number of nitrogens with zero attached hydrogens (tertiary/aromatic N) is 2. The number of pyridine rings is 1. The van der Waals surface area contributed by atoms with E-state index in [-0.39, 0.29) is 23.6 Å². The molecular formula is C18H28N4O3S. The summed E-state index contributed by atoms with van der Waals surface area (Å²) in [5, 5.41) is 5.59. The molecule has 0 radical (unpaired) electrons. The van der Waals surface area contributed by atoms with E-state index in [2.05, 4.69) is 27.6 Å². The largest absolute Gasteiger partial charge is 0.356 e. The Hall–Kier alpha value is -1.83. The van der Waals surface area contributed by atoms with Gasteiger partial charge in [0.15, 0.2) is 9.84 Å². The molecule has 26 heavy (non-hydrogen) atoms. The van der Waals surface area contributed by atoms with E-state index in [0.717, 1.165) is 11.4 Å². The number of nitrogens with one attached hydrogen (secondary N) is 2. The third-order valence-corrected chi connectivity index (χ3v) is 7.10. The standard InChI is InChI=1S/C18H28N4O3S/c1-22(16-7-3-2-4-8-16)17-14(6-5-10-19-17)12-20-18(23)21-15-9-11-26(24,25)13-15/h5-6,10,15-16H,2-4,7-9,11-13H2,1H3,(H2,20,21,23). The van der Waals surface area contributed by atoms with Crippen LogP contribution in [-0.2, 0) is 16.4 Å². The summed E-state index contributed by atoms with van der Waals surface area (Å²) in [6.07, 6.45) is 8.43. The van der Waals surface area contributed by atoms with Crippen LogP contribution >= 0.6 is 0 Å². The molecule has 0 bridgehead atoms. The minimum absolute atomic E-state index is 0.0307. The van der Waals surface area contributed by atoms with Gasteiger partial charge in [-0.15, -0.1) is 0 Å². The van der Waals surface area contributed by atoms with Gasteiger partial charge in [0, 0.05) is 37.4 Å². The van der Waals surface area contributed by atoms with Crippen LogP contribution in [0.15, 0.2) is 18.3 Å². The summed E-state index contributed by atoms with van der Waals surface area (Å²) in [4.78, 5) is 18.9. The average Bonchev–Trinajstić information content (AvgIpc) is 2.98. The molecule has 1 unspecified atom stereocenters. The molecule has 1 saturated carbocycles. The lowest BCUT2D eigenvalue weighted by atomic mass is 9.94. The smallest absolute Gasteiger partial charge is 0.315 e. The minimum atomic E-state index is -3.00. The van der Waals surface area contributed by atoms with Gasteiger partial charge < -0.3 is 15.5 Å². The summed E-state index contributed by atoms with van der Waals surface area (Å²) < 4.78 is 23.0. The number of hydrogen-bond donors (Lipinski definition) is 2. The van der Waals surface area contributed by atoms with Gasteiger partial charge in [-0.2, -0.15) is 0 Å². The number of urea groups is 1. The highest BCUT2D eigenvalue weighted by atomic mass is 32.2. The first-order valence-corrected chi connectivity index (χ1v) is 11.2. The molecule has 2 fully saturated rings. The zero-order chi connectivity index (χ0) is 18.6. The summed E-state index contributed by atoms with van der Waals surface area (Å²) in [6.45, 7) is 0.367. The average molecular weight is 381 g/mol. The van der Waals surface area contributed by atoms with Crippen LogP contribution in [0.25, 0.3) is 0 Å². The van der Waals surface area contributed by atoms with Crippen molar-refractivity contribution in [3.63, 3.8) is 0 Å². The quantitative estimate of drug-likeness (QED) is 0.813. The highest BCUT2D eigenvalue weighted by Gasteiger charge is 2.29. The molecule has 1 aromatic heterocycles. The fourth-order valence-corrected chi connectivity index (χ4v) is 5.52. The second-order valence-electron chi connectivity index (χ2n) is 7.32. The van der Waals surface area contributed by atoms with Crippen molar-refractivity contribution in [1.82, 2.24) is 15.6 Å². The Balaban J connectivity index is 1.57. The first-order chi connectivity index (χ1) is 12.4. The first kappa shape index (κ1) is 18.9. The molecule has 7 nitrogen and oxygen atoms in total. The second-order valence-corrected chi connectivity index (χ2v) is 9.54. The maximum atomic E-state index is 12.1. The van der Waals surface area contributed by atoms with Crippen molar-refractivity contribution in [2.45, 2.75) is 57.2 Å². The van der Waals surface area contributed by atoms with E-state index in [1.807, 2.05) is 12.1 Å². The normalized spacial score (nSPS) is 22.7. The van der Waals surface area contributed by atoms with Crippen LogP contribution < -0.4 is 15.5 Å². The van der Waals surface area contributed by atoms with Gasteiger partial charge >= 0.3 is 6.03 Å². The van der Waals surface area contributed by atoms with Crippen molar-refractivity contribution in [3.8, 4) is 0 Å². The Bertz CT molecular complexity index is 732. The highest BCUT2D eigenvalue weighted by molar-refractivity contribution is 7.91. The molecule has 1 aliphatic carbocycles. The van der Waals surface area contributed by atoms with Crippen LogP contribution in [0.2, 0.25) is 0 Å². The maximum absolute atomic E-state index is 12.1. The molecule has 0 aromatic carbocycles. The number of aromatic nitrogens is 1. The fourth-order valence-electron chi connectivity index (χ4n) is 3.85. The Morgan fingerprint density at radius 2 is 2.04 bits per heavy atom. The summed E-state index contributed by atoms with van der Waals surface area (Å²) in [6, 6.07) is 3.72. The molecule has 2 heterocycles. The third kappa shape index (κ3) is 4.87. The number of anilines is 1. The molecule has 144 valence electrons. The molecule has 1 saturated heterocycles. The fraction of sp³-hybridized carbons (Fsp3) is 0.667. The molecule has 2 aliphatic rings. The molecule has 0 spiro atoms. The van der Waals surface area contributed by atoms with E-state index in [1.165, 1.54) is 32.1 Å². The van der Waals surface area contributed by atoms with Gasteiger partial charge in [-0.1, -0.05) is 25.3 Å². The summed E-state index contributed by atoms with van der Waals surface area (Å²) in [5.74, 6) is 1.09. The number of sulfone groups is 1. The van der Waals surface area contributed by atoms with Gasteiger partial charge in [-0.05, 0) is 25.3 Å². The van der Waals surface area contributed by atoms with Gasteiger partial charge in [-0.3, -0.25) is 0 Å². The van der Waals surface area contributed by atoms with Crippen molar-refractivity contribution >= 4 is 21.7 Å². The number of hydrogen-bond acceptors (Lipinski definition) is 5. The number of amides is 2. The van der Waals surface area contributed by atoms with Crippen LogP contribution in [-0.4, -0.2) is 50.1 Å². The Kier molecular flexibility index (Phi) is 6.01. The van der Waals surface area contributed by atoms with Gasteiger partial charge in [0.25, 0.3) is 0 Å². The SMILES string of the molecule is CN(c1ncccc1CNC(=O)NC1CCS(=O)(=O)C1)C1CCCCC1. The van der Waals surface area contributed by atoms with E-state index >= 15 is 0 Å². The zero-order valence-corrected chi connectivity index (χ0v) is 16.1. The van der Waals surface area contributed by atoms with Crippen LogP contribution in [0.1, 0.15) is 44.1 Å². The minimum Gasteiger partial charge on any atom is -0.356 e. The van der Waals surface area contributed by atoms with E-state index in [1.54, 1.807) is 6.20 Å². The second kappa shape index (κ2) is 8.24. The monoisotopic (exact) mass is 380 g/mol. The van der Waals surface area contributed by atoms with Crippen molar-refractivity contribution in [1.29, 1.82) is 0 Å². The summed E-state index contributed by atoms with van der Waals surface area (Å²) in [5.41, 5.74) is 0.967. The van der Waals surface area contributed by atoms with Gasteiger partial charge in [-0.25, -0.2) is 18.2 Å². The lowest BCUT2D eigenvalue weighted by Crippen LogP contribution is -2.42. The lowest BCUT2D eigenvalue weighted by molar-refractivity contribution is 0.237. The molecule has 1 atom stereocenters. The Morgan fingerprint density at radius 1 is 1.27 bits per heavy atom. The highest BCUT2D eigenvalue weighted by Crippen LogP contribution is 2.26. The number of carbonyl (C=O) groups excluding carboxylic acids is 1. The molecule has 2 amide bonds. The number of carbonyl (C=O) groups is 1. The van der Waals surface area contributed by atoms with E-state index in [9.17, 15) is 13.2 Å². The van der Waals surface area contributed by atoms with Crippen LogP contribution in [0.4, 0.5) is 10.6 Å². The van der Waals surface area contributed by atoms with Gasteiger partial charge in [0.1, 0.15) is 5.82 Å². The third-order valence-electron chi connectivity index (χ3n) is 5.33. The number of rotatable bonds is 5. The topological polar surface area (TPSA) is 91.4 Å². The van der Waals surface area contributed by atoms with E-state index < -0.39 is 9.84 Å². The van der Waals surface area contributed by atoms with Crippen molar-refractivity contribution in [3.05, 3.63) is 23.9 Å². The van der Waals surface area contributed by atoms with Gasteiger partial charge in [0.05, 0.1) is 11.5 Å². The molecule has 2 N–H and O–H groups in total. The van der Waals surface area contributed by atoms with Crippen molar-refractivity contribution < 1.29 is 13.2 Å². The summed E-state index contributed by atoms with van der Waals surface area (Å²) in [7, 11) is -0.923. The molecular weight excluding hydrogens is 352 g/mol. The molecule has 1 aliphatic heterocycles. The van der Waals surface area contributed by atoms with Crippen LogP contribution in [0, 0.1) is 0 Å². The van der Waals surface area contributed by atoms with Crippen LogP contribution in [0.5, 0.6) is 0 Å². The maximum Gasteiger partial charge on any atom is 0.315 e. The predicted molar refractivity (Wildman–Crippen MR) is 102 cm³/mol. The van der Waals surface area contributed by atoms with Crippen LogP contribution in [0.3, 0.4) is 0 Å². The Morgan fingerprint density at radius 3 is 2.73 bits per heavy atom. The first-order valence-electron chi connectivity index (χ1n) is 9.36. The van der Waals surface area contributed by atoms with E-state index in [0.29, 0.717) is 19.0 Å². The Labute approximate surface area is 155 Å². The zero-order valence-electron chi connectivity index (χ0n) is 15.3. The van der Waals surface area contributed by atoms with Gasteiger partial charge in [0.2, 0.25) is 0 Å². The molecule has 1 aromatic rings. The van der Waals surface area contributed by atoms with Crippen molar-refractivity contribution in [2.24, 2.45) is 0 Å². The van der Waals surface area contributed by atoms with E-state index in [4.69, 9.17) is 0 Å².